The molecular weight excluding hydrogens is 438 g/mol. The zero-order valence-corrected chi connectivity index (χ0v) is 21.0. The second kappa shape index (κ2) is 9.28. The molecule has 2 aliphatic heterocycles. The number of aromatic amines is 1. The fourth-order valence-corrected chi connectivity index (χ4v) is 5.92. The van der Waals surface area contributed by atoms with Gasteiger partial charge in [0.2, 0.25) is 0 Å². The predicted molar refractivity (Wildman–Crippen MR) is 138 cm³/mol. The van der Waals surface area contributed by atoms with Gasteiger partial charge in [-0.1, -0.05) is 13.8 Å². The van der Waals surface area contributed by atoms with E-state index in [1.54, 1.807) is 6.33 Å². The number of aryl methyl sites for hydroxylation is 1. The lowest BCUT2D eigenvalue weighted by Gasteiger charge is -2.39. The topological polar surface area (TPSA) is 67.7 Å². The van der Waals surface area contributed by atoms with E-state index in [2.05, 4.69) is 71.2 Å². The summed E-state index contributed by atoms with van der Waals surface area (Å²) in [5.41, 5.74) is 6.75. The van der Waals surface area contributed by atoms with Crippen LogP contribution < -0.4 is 4.74 Å². The average Bonchev–Trinajstić information content (AvgIpc) is 3.50. The highest BCUT2D eigenvalue weighted by Gasteiger charge is 2.27. The fourth-order valence-electron chi connectivity index (χ4n) is 5.92. The number of likely N-dealkylation sites (tertiary alicyclic amines) is 1. The molecule has 3 aromatic heterocycles. The van der Waals surface area contributed by atoms with Gasteiger partial charge >= 0.3 is 0 Å². The third kappa shape index (κ3) is 4.32. The van der Waals surface area contributed by atoms with Crippen LogP contribution in [0.2, 0.25) is 0 Å². The minimum atomic E-state index is 0.279. The lowest BCUT2D eigenvalue weighted by atomic mass is 9.96. The first-order valence-electron chi connectivity index (χ1n) is 13.0. The summed E-state index contributed by atoms with van der Waals surface area (Å²) in [6.45, 7) is 10.7. The largest absolute Gasteiger partial charge is 0.490 e. The molecule has 0 radical (unpaired) electrons. The molecule has 0 amide bonds. The maximum atomic E-state index is 6.53. The van der Waals surface area contributed by atoms with Gasteiger partial charge in [0, 0.05) is 55.0 Å². The number of aromatic nitrogens is 4. The van der Waals surface area contributed by atoms with Crippen molar-refractivity contribution in [3.05, 3.63) is 47.9 Å². The van der Waals surface area contributed by atoms with Crippen LogP contribution in [0.4, 0.5) is 0 Å². The number of hydrogen-bond donors (Lipinski definition) is 1. The molecule has 1 aromatic carbocycles. The normalized spacial score (nSPS) is 18.7. The number of nitrogens with one attached hydrogen (secondary N) is 1. The van der Waals surface area contributed by atoms with Gasteiger partial charge in [0.25, 0.3) is 0 Å². The maximum absolute atomic E-state index is 6.53. The van der Waals surface area contributed by atoms with Gasteiger partial charge in [-0.25, -0.2) is 9.50 Å². The van der Waals surface area contributed by atoms with E-state index < -0.39 is 0 Å². The van der Waals surface area contributed by atoms with Crippen molar-refractivity contribution < 1.29 is 9.47 Å². The highest BCUT2D eigenvalue weighted by molar-refractivity contribution is 5.92. The van der Waals surface area contributed by atoms with Gasteiger partial charge < -0.3 is 14.5 Å². The molecule has 0 spiro atoms. The summed E-state index contributed by atoms with van der Waals surface area (Å²) in [6, 6.07) is 9.40. The molecule has 7 heteroatoms. The standard InChI is InChI=1S/C28H35N5O2/c1-18(2)26-24-15-23(35-22-6-10-32(11-7-22)21-8-12-34-13-9-21)4-5-25(24)31-27(26)20-14-19(3)28-29-17-30-33(28)16-20/h4-5,14-18,21-22,31H,6-13H2,1-3H3. The molecule has 1 N–H and O–H groups in total. The van der Waals surface area contributed by atoms with Crippen LogP contribution in [-0.2, 0) is 4.74 Å². The van der Waals surface area contributed by atoms with E-state index in [9.17, 15) is 0 Å². The number of hydrogen-bond acceptors (Lipinski definition) is 5. The minimum absolute atomic E-state index is 0.279. The molecule has 6 rings (SSSR count). The lowest BCUT2D eigenvalue weighted by Crippen LogP contribution is -2.46. The number of H-pyrrole nitrogens is 1. The van der Waals surface area contributed by atoms with Crippen molar-refractivity contribution in [3.8, 4) is 17.0 Å². The van der Waals surface area contributed by atoms with Gasteiger partial charge in [-0.2, -0.15) is 5.10 Å². The van der Waals surface area contributed by atoms with Crippen LogP contribution >= 0.6 is 0 Å². The minimum Gasteiger partial charge on any atom is -0.490 e. The Balaban J connectivity index is 1.25. The number of piperidine rings is 1. The molecule has 0 saturated carbocycles. The van der Waals surface area contributed by atoms with Gasteiger partial charge in [0.15, 0.2) is 5.65 Å². The van der Waals surface area contributed by atoms with E-state index in [0.717, 1.165) is 72.9 Å². The van der Waals surface area contributed by atoms with Crippen molar-refractivity contribution in [2.45, 2.75) is 64.5 Å². The van der Waals surface area contributed by atoms with E-state index in [1.807, 2.05) is 4.52 Å². The quantitative estimate of drug-likeness (QED) is 0.424. The van der Waals surface area contributed by atoms with E-state index in [0.29, 0.717) is 12.0 Å². The fraction of sp³-hybridized carbons (Fsp3) is 0.500. The maximum Gasteiger partial charge on any atom is 0.158 e. The van der Waals surface area contributed by atoms with E-state index >= 15 is 0 Å². The van der Waals surface area contributed by atoms with Gasteiger partial charge in [-0.15, -0.1) is 0 Å². The van der Waals surface area contributed by atoms with Crippen molar-refractivity contribution in [2.75, 3.05) is 26.3 Å². The van der Waals surface area contributed by atoms with E-state index in [4.69, 9.17) is 9.47 Å². The van der Waals surface area contributed by atoms with E-state index in [1.165, 1.54) is 23.8 Å². The number of nitrogens with zero attached hydrogens (tertiary/aromatic N) is 4. The van der Waals surface area contributed by atoms with Crippen LogP contribution in [0.25, 0.3) is 27.8 Å². The molecule has 0 atom stereocenters. The monoisotopic (exact) mass is 473 g/mol. The summed E-state index contributed by atoms with van der Waals surface area (Å²) >= 11 is 0. The molecule has 184 valence electrons. The second-order valence-corrected chi connectivity index (χ2v) is 10.4. The van der Waals surface area contributed by atoms with Crippen molar-refractivity contribution in [1.29, 1.82) is 0 Å². The molecule has 2 saturated heterocycles. The van der Waals surface area contributed by atoms with Crippen LogP contribution in [0.15, 0.2) is 36.8 Å². The third-order valence-electron chi connectivity index (χ3n) is 7.72. The summed E-state index contributed by atoms with van der Waals surface area (Å²) in [5.74, 6) is 1.33. The number of rotatable bonds is 5. The van der Waals surface area contributed by atoms with Gasteiger partial charge in [0.1, 0.15) is 18.2 Å². The molecule has 0 bridgehead atoms. The van der Waals surface area contributed by atoms with Crippen LogP contribution in [0.1, 0.15) is 56.6 Å². The molecular formula is C28H35N5O2. The van der Waals surface area contributed by atoms with Gasteiger partial charge in [-0.3, -0.25) is 4.90 Å². The Bertz CT molecular complexity index is 1330. The first-order valence-corrected chi connectivity index (χ1v) is 13.0. The zero-order valence-electron chi connectivity index (χ0n) is 21.0. The Kier molecular flexibility index (Phi) is 5.98. The van der Waals surface area contributed by atoms with Gasteiger partial charge in [-0.05, 0) is 73.9 Å². The molecule has 5 heterocycles. The van der Waals surface area contributed by atoms with Crippen LogP contribution in [0.3, 0.4) is 0 Å². The average molecular weight is 474 g/mol. The van der Waals surface area contributed by atoms with Crippen LogP contribution in [0.5, 0.6) is 5.75 Å². The SMILES string of the molecule is Cc1cc(-c2[nH]c3ccc(OC4CCN(C5CCOCC5)CC4)cc3c2C(C)C)cn2ncnc12. The summed E-state index contributed by atoms with van der Waals surface area (Å²) in [4.78, 5) is 10.7. The first-order chi connectivity index (χ1) is 17.1. The highest BCUT2D eigenvalue weighted by Crippen LogP contribution is 2.38. The molecule has 7 nitrogen and oxygen atoms in total. The Morgan fingerprint density at radius 1 is 1.09 bits per heavy atom. The summed E-state index contributed by atoms with van der Waals surface area (Å²) in [7, 11) is 0. The Morgan fingerprint density at radius 3 is 2.66 bits per heavy atom. The summed E-state index contributed by atoms with van der Waals surface area (Å²) in [5, 5.41) is 5.61. The van der Waals surface area contributed by atoms with Crippen LogP contribution in [0, 0.1) is 6.92 Å². The van der Waals surface area contributed by atoms with Gasteiger partial charge in [0.05, 0.1) is 5.69 Å². The molecule has 0 aliphatic carbocycles. The van der Waals surface area contributed by atoms with E-state index in [-0.39, 0.29) is 6.10 Å². The molecule has 2 fully saturated rings. The van der Waals surface area contributed by atoms with Crippen LogP contribution in [-0.4, -0.2) is 62.9 Å². The van der Waals surface area contributed by atoms with Crippen molar-refractivity contribution in [1.82, 2.24) is 24.5 Å². The second-order valence-electron chi connectivity index (χ2n) is 10.4. The molecule has 2 aliphatic rings. The predicted octanol–water partition coefficient (Wildman–Crippen LogP) is 5.33. The number of ether oxygens (including phenoxy) is 2. The summed E-state index contributed by atoms with van der Waals surface area (Å²) < 4.78 is 13.9. The Morgan fingerprint density at radius 2 is 1.89 bits per heavy atom. The number of fused-ring (bicyclic) bond motifs is 2. The Labute approximate surface area is 206 Å². The van der Waals surface area contributed by atoms with Crippen molar-refractivity contribution >= 4 is 16.6 Å². The molecule has 0 unspecified atom stereocenters. The zero-order chi connectivity index (χ0) is 23.9. The van der Waals surface area contributed by atoms with Crippen molar-refractivity contribution in [3.63, 3.8) is 0 Å². The molecule has 35 heavy (non-hydrogen) atoms. The first kappa shape index (κ1) is 22.6. The third-order valence-corrected chi connectivity index (χ3v) is 7.72. The number of benzene rings is 1. The lowest BCUT2D eigenvalue weighted by molar-refractivity contribution is 0.0101. The molecule has 4 aromatic rings. The highest BCUT2D eigenvalue weighted by atomic mass is 16.5. The number of pyridine rings is 1. The summed E-state index contributed by atoms with van der Waals surface area (Å²) in [6.07, 6.45) is 8.46. The van der Waals surface area contributed by atoms with Crippen molar-refractivity contribution in [2.24, 2.45) is 0 Å². The smallest absolute Gasteiger partial charge is 0.158 e. The Hall–Kier alpha value is -2.90.